The maximum Gasteiger partial charge on any atom is 0.191 e. The van der Waals surface area contributed by atoms with Crippen molar-refractivity contribution in [2.75, 3.05) is 34.8 Å². The van der Waals surface area contributed by atoms with Crippen molar-refractivity contribution in [3.63, 3.8) is 0 Å². The van der Waals surface area contributed by atoms with Crippen molar-refractivity contribution in [1.82, 2.24) is 30.3 Å². The topological polar surface area (TPSA) is 79.6 Å². The highest BCUT2D eigenvalue weighted by atomic mass is 16.5. The number of aliphatic imine (C=N–C) groups is 1. The number of nitrogens with one attached hydrogen (secondary N) is 2. The minimum atomic E-state index is 0.314. The van der Waals surface area contributed by atoms with Crippen molar-refractivity contribution in [1.29, 1.82) is 0 Å². The molecule has 3 rings (SSSR count). The third-order valence-electron chi connectivity index (χ3n) is 5.05. The lowest BCUT2D eigenvalue weighted by Crippen LogP contribution is -2.50. The molecule has 0 bridgehead atoms. The highest BCUT2D eigenvalue weighted by Gasteiger charge is 2.32. The molecule has 8 nitrogen and oxygen atoms in total. The van der Waals surface area contributed by atoms with Gasteiger partial charge in [-0.25, -0.2) is 9.67 Å². The lowest BCUT2D eigenvalue weighted by molar-refractivity contribution is 0.177. The number of methoxy groups -OCH3 is 1. The fourth-order valence-corrected chi connectivity index (χ4v) is 3.51. The molecule has 2 aliphatic rings. The molecule has 1 aliphatic heterocycles. The number of rotatable bonds is 7. The van der Waals surface area contributed by atoms with Crippen LogP contribution >= 0.6 is 0 Å². The number of guanidine groups is 1. The van der Waals surface area contributed by atoms with E-state index in [-0.39, 0.29) is 0 Å². The van der Waals surface area contributed by atoms with Gasteiger partial charge in [0.2, 0.25) is 0 Å². The van der Waals surface area contributed by atoms with Gasteiger partial charge >= 0.3 is 0 Å². The highest BCUT2D eigenvalue weighted by molar-refractivity contribution is 5.80. The van der Waals surface area contributed by atoms with Crippen molar-refractivity contribution in [2.24, 2.45) is 10.9 Å². The Morgan fingerprint density at radius 3 is 2.84 bits per heavy atom. The maximum absolute atomic E-state index is 5.13. The van der Waals surface area contributed by atoms with Crippen molar-refractivity contribution >= 4 is 5.96 Å². The molecule has 25 heavy (non-hydrogen) atoms. The van der Waals surface area contributed by atoms with Crippen LogP contribution < -0.4 is 10.6 Å². The number of aromatic nitrogens is 3. The second-order valence-corrected chi connectivity index (χ2v) is 7.26. The van der Waals surface area contributed by atoms with E-state index in [1.54, 1.807) is 7.11 Å². The van der Waals surface area contributed by atoms with E-state index in [1.807, 2.05) is 11.7 Å². The van der Waals surface area contributed by atoms with Crippen molar-refractivity contribution in [3.05, 3.63) is 11.6 Å². The SMILES string of the molecule is CN=C(NCC(C1CC1)N(C)C)NC1CCc2nc(COC)nn2C1. The number of likely N-dealkylation sites (N-methyl/N-ethyl adjacent to an activating group) is 1. The van der Waals surface area contributed by atoms with Crippen LogP contribution in [0.25, 0.3) is 0 Å². The van der Waals surface area contributed by atoms with Gasteiger partial charge in [-0.05, 0) is 39.3 Å². The Hall–Kier alpha value is -1.67. The fourth-order valence-electron chi connectivity index (χ4n) is 3.51. The quantitative estimate of drug-likeness (QED) is 0.542. The minimum Gasteiger partial charge on any atom is -0.377 e. The van der Waals surface area contributed by atoms with Gasteiger partial charge in [0.25, 0.3) is 0 Å². The average molecular weight is 349 g/mol. The first-order chi connectivity index (χ1) is 12.1. The van der Waals surface area contributed by atoms with Gasteiger partial charge in [0, 0.05) is 39.2 Å². The predicted octanol–water partition coefficient (Wildman–Crippen LogP) is 0.245. The zero-order chi connectivity index (χ0) is 17.8. The Morgan fingerprint density at radius 1 is 1.40 bits per heavy atom. The molecule has 1 aliphatic carbocycles. The molecular weight excluding hydrogens is 318 g/mol. The van der Waals surface area contributed by atoms with Gasteiger partial charge < -0.3 is 20.3 Å². The van der Waals surface area contributed by atoms with E-state index in [0.29, 0.717) is 18.7 Å². The summed E-state index contributed by atoms with van der Waals surface area (Å²) in [5.74, 6) is 3.51. The molecule has 2 N–H and O–H groups in total. The van der Waals surface area contributed by atoms with Crippen molar-refractivity contribution in [2.45, 2.75) is 50.9 Å². The normalized spacial score (nSPS) is 22.0. The first-order valence-electron chi connectivity index (χ1n) is 9.15. The molecule has 0 spiro atoms. The Labute approximate surface area is 150 Å². The molecule has 140 valence electrons. The van der Waals surface area contributed by atoms with E-state index in [2.05, 4.69) is 44.7 Å². The van der Waals surface area contributed by atoms with E-state index in [0.717, 1.165) is 49.5 Å². The van der Waals surface area contributed by atoms with Gasteiger partial charge in [0.05, 0.1) is 6.54 Å². The van der Waals surface area contributed by atoms with Crippen LogP contribution in [0.3, 0.4) is 0 Å². The van der Waals surface area contributed by atoms with Gasteiger partial charge in [-0.2, -0.15) is 5.10 Å². The van der Waals surface area contributed by atoms with E-state index in [4.69, 9.17) is 4.74 Å². The summed E-state index contributed by atoms with van der Waals surface area (Å²) >= 11 is 0. The lowest BCUT2D eigenvalue weighted by Gasteiger charge is -2.28. The Kier molecular flexibility index (Phi) is 5.90. The first kappa shape index (κ1) is 18.1. The summed E-state index contributed by atoms with van der Waals surface area (Å²) < 4.78 is 7.12. The van der Waals surface area contributed by atoms with Crippen LogP contribution in [0.1, 0.15) is 30.9 Å². The lowest BCUT2D eigenvalue weighted by atomic mass is 10.1. The van der Waals surface area contributed by atoms with E-state index in [9.17, 15) is 0 Å². The molecule has 1 fully saturated rings. The third kappa shape index (κ3) is 4.70. The zero-order valence-corrected chi connectivity index (χ0v) is 15.8. The number of aryl methyl sites for hydroxylation is 1. The number of ether oxygens (including phenoxy) is 1. The summed E-state index contributed by atoms with van der Waals surface area (Å²) in [5, 5.41) is 11.6. The number of nitrogens with zero attached hydrogens (tertiary/aromatic N) is 5. The predicted molar refractivity (Wildman–Crippen MR) is 97.5 cm³/mol. The molecule has 0 amide bonds. The summed E-state index contributed by atoms with van der Waals surface area (Å²) in [7, 11) is 7.82. The Balaban J connectivity index is 1.52. The van der Waals surface area contributed by atoms with E-state index < -0.39 is 0 Å². The van der Waals surface area contributed by atoms with Gasteiger partial charge in [-0.15, -0.1) is 0 Å². The first-order valence-corrected chi connectivity index (χ1v) is 9.15. The summed E-state index contributed by atoms with van der Waals surface area (Å²) in [6.07, 6.45) is 4.65. The number of hydrogen-bond acceptors (Lipinski definition) is 5. The highest BCUT2D eigenvalue weighted by Crippen LogP contribution is 2.34. The average Bonchev–Trinajstić information content (AvgIpc) is 3.33. The molecule has 1 aromatic heterocycles. The van der Waals surface area contributed by atoms with Crippen LogP contribution in [-0.4, -0.2) is 72.5 Å². The molecule has 8 heteroatoms. The molecule has 1 aromatic rings. The molecule has 0 saturated heterocycles. The van der Waals surface area contributed by atoms with Crippen LogP contribution in [0.2, 0.25) is 0 Å². The van der Waals surface area contributed by atoms with Gasteiger partial charge in [0.1, 0.15) is 12.4 Å². The van der Waals surface area contributed by atoms with Crippen LogP contribution in [-0.2, 0) is 24.3 Å². The molecule has 2 unspecified atom stereocenters. The standard InChI is InChI=1S/C17H31N7O/c1-18-17(19-9-14(23(2)3)12-5-6-12)20-13-7-8-16-21-15(11-25-4)22-24(16)10-13/h12-14H,5-11H2,1-4H3,(H2,18,19,20). The maximum atomic E-state index is 5.13. The molecule has 0 radical (unpaired) electrons. The molecule has 2 heterocycles. The third-order valence-corrected chi connectivity index (χ3v) is 5.05. The Bertz CT molecular complexity index is 592. The minimum absolute atomic E-state index is 0.314. The van der Waals surface area contributed by atoms with E-state index in [1.165, 1.54) is 12.8 Å². The fraction of sp³-hybridized carbons (Fsp3) is 0.824. The van der Waals surface area contributed by atoms with Crippen LogP contribution in [0, 0.1) is 5.92 Å². The monoisotopic (exact) mass is 349 g/mol. The molecule has 0 aromatic carbocycles. The smallest absolute Gasteiger partial charge is 0.191 e. The summed E-state index contributed by atoms with van der Waals surface area (Å²) in [6.45, 7) is 2.21. The number of fused-ring (bicyclic) bond motifs is 1. The zero-order valence-electron chi connectivity index (χ0n) is 15.8. The number of hydrogen-bond donors (Lipinski definition) is 2. The van der Waals surface area contributed by atoms with Gasteiger partial charge in [-0.1, -0.05) is 0 Å². The largest absolute Gasteiger partial charge is 0.377 e. The van der Waals surface area contributed by atoms with Crippen LogP contribution in [0.5, 0.6) is 0 Å². The Morgan fingerprint density at radius 2 is 2.20 bits per heavy atom. The van der Waals surface area contributed by atoms with Crippen molar-refractivity contribution in [3.8, 4) is 0 Å². The molecular formula is C17H31N7O. The van der Waals surface area contributed by atoms with Crippen LogP contribution in [0.4, 0.5) is 0 Å². The van der Waals surface area contributed by atoms with Crippen molar-refractivity contribution < 1.29 is 4.74 Å². The summed E-state index contributed by atoms with van der Waals surface area (Å²) in [5.41, 5.74) is 0. The second kappa shape index (κ2) is 8.14. The van der Waals surface area contributed by atoms with Gasteiger partial charge in [-0.3, -0.25) is 4.99 Å². The summed E-state index contributed by atoms with van der Waals surface area (Å²) in [4.78, 5) is 11.2. The van der Waals surface area contributed by atoms with E-state index >= 15 is 0 Å². The second-order valence-electron chi connectivity index (χ2n) is 7.26. The molecule has 1 saturated carbocycles. The summed E-state index contributed by atoms with van der Waals surface area (Å²) in [6, 6.07) is 0.887. The van der Waals surface area contributed by atoms with Gasteiger partial charge in [0.15, 0.2) is 11.8 Å². The molecule has 2 atom stereocenters. The van der Waals surface area contributed by atoms with Crippen LogP contribution in [0.15, 0.2) is 4.99 Å².